The molecule has 6 nitrogen and oxygen atoms in total. The van der Waals surface area contributed by atoms with E-state index in [4.69, 9.17) is 10.5 Å². The predicted molar refractivity (Wildman–Crippen MR) is 69.5 cm³/mol. The summed E-state index contributed by atoms with van der Waals surface area (Å²) in [6.45, 7) is 0.826. The van der Waals surface area contributed by atoms with Crippen molar-refractivity contribution >= 4 is 17.4 Å². The summed E-state index contributed by atoms with van der Waals surface area (Å²) >= 11 is 0. The van der Waals surface area contributed by atoms with Crippen molar-refractivity contribution in [2.24, 2.45) is 11.7 Å². The van der Waals surface area contributed by atoms with Crippen LogP contribution in [-0.4, -0.2) is 44.2 Å². The van der Waals surface area contributed by atoms with Crippen molar-refractivity contribution in [2.45, 2.75) is 6.04 Å². The first-order valence-corrected chi connectivity index (χ1v) is 5.85. The number of anilines is 2. The summed E-state index contributed by atoms with van der Waals surface area (Å²) in [6.07, 6.45) is 1.63. The largest absolute Gasteiger partial charge is 0.379 e. The molecule has 1 aromatic rings. The molecular weight excluding hydrogens is 232 g/mol. The average molecular weight is 250 g/mol. The van der Waals surface area contributed by atoms with Gasteiger partial charge in [-0.15, -0.1) is 0 Å². The number of nitrogens with two attached hydrogens (primary N) is 1. The van der Waals surface area contributed by atoms with Gasteiger partial charge in [-0.1, -0.05) is 0 Å². The first-order chi connectivity index (χ1) is 8.58. The molecule has 2 heterocycles. The van der Waals surface area contributed by atoms with Gasteiger partial charge >= 0.3 is 0 Å². The number of rotatable bonds is 3. The number of ether oxygens (including phenoxy) is 1. The molecule has 1 saturated heterocycles. The van der Waals surface area contributed by atoms with E-state index in [1.807, 2.05) is 31.1 Å². The van der Waals surface area contributed by atoms with Crippen LogP contribution in [0.25, 0.3) is 0 Å². The second-order valence-corrected chi connectivity index (χ2v) is 4.60. The van der Waals surface area contributed by atoms with Gasteiger partial charge in [0.15, 0.2) is 0 Å². The Balaban J connectivity index is 1.98. The first-order valence-electron chi connectivity index (χ1n) is 5.85. The molecule has 0 spiro atoms. The Labute approximate surface area is 106 Å². The van der Waals surface area contributed by atoms with Crippen molar-refractivity contribution in [3.8, 4) is 0 Å². The minimum atomic E-state index is -0.279. The third-order valence-corrected chi connectivity index (χ3v) is 2.93. The molecule has 0 radical (unpaired) electrons. The van der Waals surface area contributed by atoms with E-state index < -0.39 is 0 Å². The minimum Gasteiger partial charge on any atom is -0.379 e. The SMILES string of the molecule is CN(C)c1ccc(NC(=O)C2COCC2N)cn1. The number of nitrogens with zero attached hydrogens (tertiary/aromatic N) is 2. The van der Waals surface area contributed by atoms with Gasteiger partial charge in [0.1, 0.15) is 5.82 Å². The van der Waals surface area contributed by atoms with E-state index >= 15 is 0 Å². The van der Waals surface area contributed by atoms with E-state index in [1.165, 1.54) is 0 Å². The Hall–Kier alpha value is -1.66. The van der Waals surface area contributed by atoms with Crippen molar-refractivity contribution in [1.29, 1.82) is 0 Å². The summed E-state index contributed by atoms with van der Waals surface area (Å²) in [5, 5.41) is 2.80. The van der Waals surface area contributed by atoms with Crippen LogP contribution in [0.1, 0.15) is 0 Å². The van der Waals surface area contributed by atoms with Crippen LogP contribution in [0.2, 0.25) is 0 Å². The number of nitrogens with one attached hydrogen (secondary N) is 1. The highest BCUT2D eigenvalue weighted by atomic mass is 16.5. The predicted octanol–water partition coefficient (Wildman–Crippen LogP) is 0.0598. The molecule has 18 heavy (non-hydrogen) atoms. The molecule has 2 rings (SSSR count). The number of amides is 1. The Kier molecular flexibility index (Phi) is 3.78. The molecule has 1 aromatic heterocycles. The van der Waals surface area contributed by atoms with Crippen LogP contribution in [-0.2, 0) is 9.53 Å². The maximum absolute atomic E-state index is 11.9. The molecular formula is C12H18N4O2. The Morgan fingerprint density at radius 1 is 1.50 bits per heavy atom. The molecule has 0 aliphatic carbocycles. The molecule has 2 atom stereocenters. The smallest absolute Gasteiger partial charge is 0.231 e. The molecule has 3 N–H and O–H groups in total. The first kappa shape index (κ1) is 12.8. The highest BCUT2D eigenvalue weighted by Gasteiger charge is 2.31. The van der Waals surface area contributed by atoms with Crippen LogP contribution in [0, 0.1) is 5.92 Å². The molecule has 1 aliphatic rings. The fourth-order valence-corrected chi connectivity index (χ4v) is 1.80. The van der Waals surface area contributed by atoms with Gasteiger partial charge in [-0.2, -0.15) is 0 Å². The maximum Gasteiger partial charge on any atom is 0.231 e. The van der Waals surface area contributed by atoms with Crippen molar-refractivity contribution in [3.05, 3.63) is 18.3 Å². The van der Waals surface area contributed by atoms with Gasteiger partial charge in [0.2, 0.25) is 5.91 Å². The molecule has 0 saturated carbocycles. The van der Waals surface area contributed by atoms with Crippen LogP contribution in [0.5, 0.6) is 0 Å². The van der Waals surface area contributed by atoms with Crippen LogP contribution in [0.3, 0.4) is 0 Å². The fourth-order valence-electron chi connectivity index (χ4n) is 1.80. The van der Waals surface area contributed by atoms with Crippen molar-refractivity contribution in [3.63, 3.8) is 0 Å². The molecule has 98 valence electrons. The van der Waals surface area contributed by atoms with Crippen LogP contribution in [0.4, 0.5) is 11.5 Å². The average Bonchev–Trinajstić information content (AvgIpc) is 2.76. The third kappa shape index (κ3) is 2.77. The normalized spacial score (nSPS) is 22.8. The lowest BCUT2D eigenvalue weighted by molar-refractivity contribution is -0.120. The summed E-state index contributed by atoms with van der Waals surface area (Å²) in [5.74, 6) is 0.451. The quantitative estimate of drug-likeness (QED) is 0.793. The van der Waals surface area contributed by atoms with Gasteiger partial charge in [0, 0.05) is 20.1 Å². The van der Waals surface area contributed by atoms with Crippen molar-refractivity contribution < 1.29 is 9.53 Å². The van der Waals surface area contributed by atoms with Gasteiger partial charge in [-0.05, 0) is 12.1 Å². The molecule has 2 unspecified atom stereocenters. The standard InChI is InChI=1S/C12H18N4O2/c1-16(2)11-4-3-8(5-14-11)15-12(17)9-6-18-7-10(9)13/h3-5,9-10H,6-7,13H2,1-2H3,(H,15,17). The van der Waals surface area contributed by atoms with Crippen LogP contribution in [0.15, 0.2) is 18.3 Å². The number of pyridine rings is 1. The molecule has 1 amide bonds. The maximum atomic E-state index is 11.9. The lowest BCUT2D eigenvalue weighted by Crippen LogP contribution is -2.37. The zero-order valence-electron chi connectivity index (χ0n) is 10.6. The van der Waals surface area contributed by atoms with E-state index in [-0.39, 0.29) is 17.9 Å². The van der Waals surface area contributed by atoms with Gasteiger partial charge < -0.3 is 20.7 Å². The highest BCUT2D eigenvalue weighted by molar-refractivity contribution is 5.93. The zero-order valence-corrected chi connectivity index (χ0v) is 10.6. The zero-order chi connectivity index (χ0) is 13.1. The van der Waals surface area contributed by atoms with E-state index in [9.17, 15) is 4.79 Å². The van der Waals surface area contributed by atoms with Crippen LogP contribution < -0.4 is 16.0 Å². The number of carbonyl (C=O) groups is 1. The second-order valence-electron chi connectivity index (χ2n) is 4.60. The van der Waals surface area contributed by atoms with E-state index in [0.29, 0.717) is 18.9 Å². The van der Waals surface area contributed by atoms with E-state index in [2.05, 4.69) is 10.3 Å². The molecule has 0 bridgehead atoms. The van der Waals surface area contributed by atoms with E-state index in [1.54, 1.807) is 6.20 Å². The number of carbonyl (C=O) groups excluding carboxylic acids is 1. The number of aromatic nitrogens is 1. The topological polar surface area (TPSA) is 80.5 Å². The summed E-state index contributed by atoms with van der Waals surface area (Å²) in [4.78, 5) is 18.1. The molecule has 6 heteroatoms. The lowest BCUT2D eigenvalue weighted by Gasteiger charge is -2.14. The molecule has 1 aliphatic heterocycles. The molecule has 0 aromatic carbocycles. The minimum absolute atomic E-state index is 0.112. The lowest BCUT2D eigenvalue weighted by atomic mass is 10.0. The Morgan fingerprint density at radius 2 is 2.28 bits per heavy atom. The number of hydrogen-bond acceptors (Lipinski definition) is 5. The van der Waals surface area contributed by atoms with Gasteiger partial charge in [0.25, 0.3) is 0 Å². The van der Waals surface area contributed by atoms with Crippen molar-refractivity contribution in [2.75, 3.05) is 37.5 Å². The summed E-state index contributed by atoms with van der Waals surface area (Å²) in [7, 11) is 3.82. The van der Waals surface area contributed by atoms with E-state index in [0.717, 1.165) is 5.82 Å². The molecule has 1 fully saturated rings. The van der Waals surface area contributed by atoms with Crippen LogP contribution >= 0.6 is 0 Å². The monoisotopic (exact) mass is 250 g/mol. The summed E-state index contributed by atoms with van der Waals surface area (Å²) in [5.41, 5.74) is 6.46. The Morgan fingerprint density at radius 3 is 2.78 bits per heavy atom. The van der Waals surface area contributed by atoms with Gasteiger partial charge in [-0.25, -0.2) is 4.98 Å². The Bertz CT molecular complexity index is 419. The summed E-state index contributed by atoms with van der Waals surface area (Å²) in [6, 6.07) is 3.45. The fraction of sp³-hybridized carbons (Fsp3) is 0.500. The second kappa shape index (κ2) is 5.32. The van der Waals surface area contributed by atoms with Gasteiger partial charge in [0.05, 0.1) is 31.0 Å². The van der Waals surface area contributed by atoms with Crippen molar-refractivity contribution in [1.82, 2.24) is 4.98 Å². The third-order valence-electron chi connectivity index (χ3n) is 2.93. The number of hydrogen-bond donors (Lipinski definition) is 2. The summed E-state index contributed by atoms with van der Waals surface area (Å²) < 4.78 is 5.17. The van der Waals surface area contributed by atoms with Gasteiger partial charge in [-0.3, -0.25) is 4.79 Å². The highest BCUT2D eigenvalue weighted by Crippen LogP contribution is 2.16.